The maximum Gasteiger partial charge on any atom is 0.244 e. The van der Waals surface area contributed by atoms with Crippen LogP contribution in [0.25, 0.3) is 0 Å². The zero-order valence-electron chi connectivity index (χ0n) is 16.8. The van der Waals surface area contributed by atoms with Gasteiger partial charge in [0.15, 0.2) is 0 Å². The molecule has 3 aliphatic rings. The summed E-state index contributed by atoms with van der Waals surface area (Å²) >= 11 is 0. The lowest BCUT2D eigenvalue weighted by Crippen LogP contribution is -2.55. The molecule has 1 aliphatic heterocycles. The molecule has 1 atom stereocenters. The fraction of sp³-hybridized carbons (Fsp3) is 0.857. The molecule has 6 nitrogen and oxygen atoms in total. The molecule has 6 heteroatoms. The van der Waals surface area contributed by atoms with E-state index in [1.165, 1.54) is 32.1 Å². The molecule has 0 aromatic carbocycles. The van der Waals surface area contributed by atoms with Crippen LogP contribution in [0.15, 0.2) is 0 Å². The highest BCUT2D eigenvalue weighted by atomic mass is 16.2. The van der Waals surface area contributed by atoms with Gasteiger partial charge in [0.05, 0.1) is 0 Å². The van der Waals surface area contributed by atoms with E-state index in [-0.39, 0.29) is 23.6 Å². The van der Waals surface area contributed by atoms with Crippen LogP contribution in [0.4, 0.5) is 0 Å². The first-order valence-electron chi connectivity index (χ1n) is 10.9. The maximum absolute atomic E-state index is 12.6. The highest BCUT2D eigenvalue weighted by molar-refractivity contribution is 5.88. The van der Waals surface area contributed by atoms with E-state index in [1.807, 2.05) is 4.90 Å². The van der Waals surface area contributed by atoms with Gasteiger partial charge in [-0.2, -0.15) is 0 Å². The molecule has 1 N–H and O–H groups in total. The molecular weight excluding hydrogens is 342 g/mol. The van der Waals surface area contributed by atoms with Crippen LogP contribution < -0.4 is 5.32 Å². The SMILES string of the molecule is C[C@@H](NC(=O)C1CCC1)C(=O)N1CCN(C(=O)CCC2CCCCC2)CC1. The van der Waals surface area contributed by atoms with Crippen LogP contribution in [0.3, 0.4) is 0 Å². The standard InChI is InChI=1S/C21H35N3O3/c1-16(22-20(26)18-8-5-9-18)21(27)24-14-12-23(13-15-24)19(25)11-10-17-6-3-2-4-7-17/h16-18H,2-15H2,1H3,(H,22,26)/t16-/m1/s1. The minimum absolute atomic E-state index is 0.0126. The molecule has 1 saturated heterocycles. The number of hydrogen-bond acceptors (Lipinski definition) is 3. The van der Waals surface area contributed by atoms with Crippen LogP contribution in [0, 0.1) is 11.8 Å². The Morgan fingerprint density at radius 1 is 0.889 bits per heavy atom. The molecular formula is C21H35N3O3. The minimum Gasteiger partial charge on any atom is -0.344 e. The lowest BCUT2D eigenvalue weighted by molar-refractivity contribution is -0.142. The summed E-state index contributed by atoms with van der Waals surface area (Å²) in [6.07, 6.45) is 11.2. The van der Waals surface area contributed by atoms with Gasteiger partial charge >= 0.3 is 0 Å². The van der Waals surface area contributed by atoms with E-state index < -0.39 is 6.04 Å². The summed E-state index contributed by atoms with van der Waals surface area (Å²) in [5, 5.41) is 2.86. The molecule has 3 fully saturated rings. The Hall–Kier alpha value is -1.59. The molecule has 0 unspecified atom stereocenters. The number of carbonyl (C=O) groups is 3. The second-order valence-electron chi connectivity index (χ2n) is 8.61. The molecule has 0 bridgehead atoms. The van der Waals surface area contributed by atoms with E-state index >= 15 is 0 Å². The second-order valence-corrected chi connectivity index (χ2v) is 8.61. The third-order valence-electron chi connectivity index (χ3n) is 6.64. The molecule has 0 aromatic rings. The van der Waals surface area contributed by atoms with Crippen LogP contribution >= 0.6 is 0 Å². The van der Waals surface area contributed by atoms with Gasteiger partial charge in [0.2, 0.25) is 17.7 Å². The highest BCUT2D eigenvalue weighted by Crippen LogP contribution is 2.28. The summed E-state index contributed by atoms with van der Waals surface area (Å²) < 4.78 is 0. The van der Waals surface area contributed by atoms with Crippen molar-refractivity contribution in [2.45, 2.75) is 77.2 Å². The van der Waals surface area contributed by atoms with Crippen molar-refractivity contribution in [1.82, 2.24) is 15.1 Å². The molecule has 27 heavy (non-hydrogen) atoms. The summed E-state index contributed by atoms with van der Waals surface area (Å²) in [6.45, 7) is 4.12. The number of amides is 3. The Labute approximate surface area is 163 Å². The Balaban J connectivity index is 1.36. The molecule has 152 valence electrons. The van der Waals surface area contributed by atoms with E-state index in [0.29, 0.717) is 32.6 Å². The quantitative estimate of drug-likeness (QED) is 0.772. The van der Waals surface area contributed by atoms with Crippen LogP contribution in [0.1, 0.15) is 71.1 Å². The minimum atomic E-state index is -0.480. The first kappa shape index (κ1) is 20.2. The van der Waals surface area contributed by atoms with Gasteiger partial charge in [-0.05, 0) is 32.1 Å². The molecule has 0 aromatic heterocycles. The summed E-state index contributed by atoms with van der Waals surface area (Å²) in [4.78, 5) is 40.8. The van der Waals surface area contributed by atoms with Crippen molar-refractivity contribution in [2.24, 2.45) is 11.8 Å². The number of carbonyl (C=O) groups excluding carboxylic acids is 3. The number of rotatable bonds is 6. The zero-order chi connectivity index (χ0) is 19.2. The molecule has 2 saturated carbocycles. The van der Waals surface area contributed by atoms with E-state index in [0.717, 1.165) is 31.6 Å². The number of hydrogen-bond donors (Lipinski definition) is 1. The molecule has 3 rings (SSSR count). The molecule has 0 radical (unpaired) electrons. The van der Waals surface area contributed by atoms with Crippen molar-refractivity contribution < 1.29 is 14.4 Å². The topological polar surface area (TPSA) is 69.7 Å². The maximum atomic E-state index is 12.6. The summed E-state index contributed by atoms with van der Waals surface area (Å²) in [7, 11) is 0. The average molecular weight is 378 g/mol. The smallest absolute Gasteiger partial charge is 0.244 e. The van der Waals surface area contributed by atoms with Gasteiger partial charge in [0.1, 0.15) is 6.04 Å². The second kappa shape index (κ2) is 9.56. The summed E-state index contributed by atoms with van der Waals surface area (Å²) in [6, 6.07) is -0.480. The average Bonchev–Trinajstić information content (AvgIpc) is 2.65. The number of nitrogens with zero attached hydrogens (tertiary/aromatic N) is 2. The number of piperazine rings is 1. The van der Waals surface area contributed by atoms with Gasteiger partial charge in [0, 0.05) is 38.5 Å². The van der Waals surface area contributed by atoms with Gasteiger partial charge < -0.3 is 15.1 Å². The fourth-order valence-electron chi connectivity index (χ4n) is 4.48. The van der Waals surface area contributed by atoms with Crippen LogP contribution in [0.5, 0.6) is 0 Å². The van der Waals surface area contributed by atoms with Crippen molar-refractivity contribution in [3.05, 3.63) is 0 Å². The van der Waals surface area contributed by atoms with E-state index in [1.54, 1.807) is 11.8 Å². The van der Waals surface area contributed by atoms with E-state index in [2.05, 4.69) is 5.32 Å². The van der Waals surface area contributed by atoms with Crippen molar-refractivity contribution in [3.63, 3.8) is 0 Å². The van der Waals surface area contributed by atoms with Crippen LogP contribution in [0.2, 0.25) is 0 Å². The summed E-state index contributed by atoms with van der Waals surface area (Å²) in [5.74, 6) is 1.04. The van der Waals surface area contributed by atoms with E-state index in [9.17, 15) is 14.4 Å². The Morgan fingerprint density at radius 3 is 2.11 bits per heavy atom. The largest absolute Gasteiger partial charge is 0.344 e. The Bertz CT molecular complexity index is 533. The lowest BCUT2D eigenvalue weighted by atomic mass is 9.84. The van der Waals surface area contributed by atoms with E-state index in [4.69, 9.17) is 0 Å². The highest BCUT2D eigenvalue weighted by Gasteiger charge is 2.31. The van der Waals surface area contributed by atoms with Crippen LogP contribution in [-0.4, -0.2) is 59.7 Å². The predicted octanol–water partition coefficient (Wildman–Crippen LogP) is 2.32. The van der Waals surface area contributed by atoms with Gasteiger partial charge in [-0.1, -0.05) is 38.5 Å². The van der Waals surface area contributed by atoms with Gasteiger partial charge in [0.25, 0.3) is 0 Å². The van der Waals surface area contributed by atoms with Gasteiger partial charge in [-0.3, -0.25) is 14.4 Å². The van der Waals surface area contributed by atoms with Crippen molar-refractivity contribution in [2.75, 3.05) is 26.2 Å². The summed E-state index contributed by atoms with van der Waals surface area (Å²) in [5.41, 5.74) is 0. The number of nitrogens with one attached hydrogen (secondary N) is 1. The molecule has 0 spiro atoms. The lowest BCUT2D eigenvalue weighted by Gasteiger charge is -2.36. The Kier molecular flexibility index (Phi) is 7.13. The van der Waals surface area contributed by atoms with Crippen molar-refractivity contribution >= 4 is 17.7 Å². The molecule has 3 amide bonds. The van der Waals surface area contributed by atoms with Crippen molar-refractivity contribution in [1.29, 1.82) is 0 Å². The Morgan fingerprint density at radius 2 is 1.52 bits per heavy atom. The first-order chi connectivity index (χ1) is 13.0. The zero-order valence-corrected chi connectivity index (χ0v) is 16.8. The molecule has 1 heterocycles. The van der Waals surface area contributed by atoms with Gasteiger partial charge in [-0.15, -0.1) is 0 Å². The van der Waals surface area contributed by atoms with Crippen molar-refractivity contribution in [3.8, 4) is 0 Å². The third-order valence-corrected chi connectivity index (χ3v) is 6.64. The van der Waals surface area contributed by atoms with Crippen LogP contribution in [-0.2, 0) is 14.4 Å². The third kappa shape index (κ3) is 5.45. The monoisotopic (exact) mass is 377 g/mol. The fourth-order valence-corrected chi connectivity index (χ4v) is 4.48. The molecule has 2 aliphatic carbocycles. The van der Waals surface area contributed by atoms with Gasteiger partial charge in [-0.25, -0.2) is 0 Å². The first-order valence-corrected chi connectivity index (χ1v) is 10.9. The normalized spacial score (nSPS) is 22.9. The predicted molar refractivity (Wildman–Crippen MR) is 104 cm³/mol.